The number of imidazole rings is 1. The van der Waals surface area contributed by atoms with Crippen LogP contribution >= 0.6 is 32.7 Å². The van der Waals surface area contributed by atoms with Gasteiger partial charge >= 0.3 is 0 Å². The van der Waals surface area contributed by atoms with E-state index in [1.165, 1.54) is 36.2 Å². The summed E-state index contributed by atoms with van der Waals surface area (Å²) in [5.41, 5.74) is 9.72. The first kappa shape index (κ1) is 32.5. The molecule has 0 saturated heterocycles. The summed E-state index contributed by atoms with van der Waals surface area (Å²) in [6.07, 6.45) is 29.0. The molecule has 0 spiro atoms. The number of aromatic nitrogens is 2. The summed E-state index contributed by atoms with van der Waals surface area (Å²) in [5, 5.41) is 0. The maximum absolute atomic E-state index is 9.95. The van der Waals surface area contributed by atoms with Crippen molar-refractivity contribution >= 4 is 39.0 Å². The third kappa shape index (κ3) is 10.8. The molecule has 0 radical (unpaired) electrons. The van der Waals surface area contributed by atoms with Crippen molar-refractivity contribution in [2.24, 2.45) is 5.73 Å². The van der Waals surface area contributed by atoms with Crippen LogP contribution < -0.4 is 5.73 Å². The number of hydrogen-bond donors (Lipinski definition) is 2. The van der Waals surface area contributed by atoms with Crippen LogP contribution in [0.15, 0.2) is 12.5 Å². The van der Waals surface area contributed by atoms with E-state index in [1.54, 1.807) is 95.9 Å². The number of aromatic amines is 1. The Balaban J connectivity index is 0.000000642. The molecule has 1 atom stereocenters. The van der Waals surface area contributed by atoms with E-state index in [0.717, 1.165) is 5.69 Å². The molecule has 0 bridgehead atoms. The molecule has 4 rings (SSSR count). The number of nitrogens with one attached hydrogen (secondary N) is 1. The number of hydrogen-bond acceptors (Lipinski definition) is 3. The molecule has 4 nitrogen and oxygen atoms in total. The molecule has 3 N–H and O–H groups in total. The molecule has 3 saturated carbocycles. The fraction of sp³-hybridized carbons (Fsp3) is 0.833. The summed E-state index contributed by atoms with van der Waals surface area (Å²) in [6, 6.07) is -0.541. The molecule has 190 valence electrons. The molecule has 1 aromatic heterocycles. The first-order chi connectivity index (χ1) is 14.3. The van der Waals surface area contributed by atoms with Gasteiger partial charge in [-0.15, -0.1) is 24.8 Å². The smallest absolute Gasteiger partial charge is 0.0921 e. The van der Waals surface area contributed by atoms with Gasteiger partial charge in [-0.05, 0) is 61.9 Å². The number of nitrogens with two attached hydrogens (primary N) is 1. The number of rotatable bonds is 6. The van der Waals surface area contributed by atoms with Crippen molar-refractivity contribution in [1.29, 1.82) is 0 Å². The van der Waals surface area contributed by atoms with Gasteiger partial charge in [0.25, 0.3) is 0 Å². The van der Waals surface area contributed by atoms with E-state index in [4.69, 9.17) is 5.73 Å². The molecule has 0 amide bonds. The summed E-state index contributed by atoms with van der Waals surface area (Å²) in [6.45, 7) is 0. The Bertz CT molecular complexity index is 521. The first-order valence-electron chi connectivity index (χ1n) is 12.2. The zero-order valence-corrected chi connectivity index (χ0v) is 23.4. The Labute approximate surface area is 223 Å². The Morgan fingerprint density at radius 1 is 0.875 bits per heavy atom. The number of nitrogens with zero attached hydrogens (tertiary/aromatic N) is 1. The Morgan fingerprint density at radius 2 is 1.28 bits per heavy atom. The summed E-state index contributed by atoms with van der Waals surface area (Å²) in [7, 11) is 0.385. The van der Waals surface area contributed by atoms with Gasteiger partial charge in [-0.25, -0.2) is 11.3 Å². The second kappa shape index (κ2) is 18.8. The van der Waals surface area contributed by atoms with Crippen LogP contribution in [0.25, 0.3) is 0 Å². The predicted molar refractivity (Wildman–Crippen MR) is 138 cm³/mol. The van der Waals surface area contributed by atoms with Crippen molar-refractivity contribution in [2.45, 2.75) is 126 Å². The standard InChI is InChI=1S/C18H33P.C6H8N3O.2ClH.Pd/c1-4-10-16(11-5-1)19(17-12-6-2-7-13-17)18-14-8-3-9-15-18;7-5(3-10)1-6-2-8-4-9-6;;;/h16-18H,1-15H2;2,4-5H,1,7H2,(H,8,9);2*1H;/q;-1;;;/t;5-;;;/m.0.../s1. The van der Waals surface area contributed by atoms with Crippen LogP contribution in [0, 0.1) is 0 Å². The molecule has 0 aliphatic heterocycles. The van der Waals surface area contributed by atoms with E-state index in [0.29, 0.717) is 14.3 Å². The van der Waals surface area contributed by atoms with E-state index < -0.39 is 6.04 Å². The van der Waals surface area contributed by atoms with E-state index in [1.807, 2.05) is 0 Å². The third-order valence-corrected chi connectivity index (χ3v) is 11.2. The maximum atomic E-state index is 9.95. The van der Waals surface area contributed by atoms with Crippen LogP contribution in [-0.4, -0.2) is 39.3 Å². The minimum Gasteiger partial charge on any atom is -0.540 e. The van der Waals surface area contributed by atoms with Gasteiger partial charge in [0.1, 0.15) is 0 Å². The molecule has 3 aliphatic carbocycles. The van der Waals surface area contributed by atoms with Crippen molar-refractivity contribution in [2.75, 3.05) is 0 Å². The van der Waals surface area contributed by atoms with Gasteiger partial charge in [0, 0.05) is 32.3 Å². The van der Waals surface area contributed by atoms with E-state index >= 15 is 0 Å². The molecule has 3 fully saturated rings. The molecule has 0 aromatic carbocycles. The third-order valence-electron chi connectivity index (χ3n) is 7.14. The normalized spacial score (nSPS) is 21.2. The quantitative estimate of drug-likeness (QED) is 0.218. The summed E-state index contributed by atoms with van der Waals surface area (Å²) in [5.74, 6) is 0. The zero-order chi connectivity index (χ0) is 20.3. The van der Waals surface area contributed by atoms with E-state index in [9.17, 15) is 4.79 Å². The SMILES string of the molecule is C1CCC(P(C2CCCCC2)C2CCCCC2)CC1.Cl.Cl.N[C@H]([C-]=O)Cc1cnc[nH]1.[Pd]. The second-order valence-electron chi connectivity index (χ2n) is 9.33. The molecule has 3 aliphatic rings. The molecular weight excluding hydrogens is 555 g/mol. The van der Waals surface area contributed by atoms with Gasteiger partial charge < -0.3 is 15.5 Å². The van der Waals surface area contributed by atoms with Crippen molar-refractivity contribution in [3.05, 3.63) is 18.2 Å². The van der Waals surface area contributed by atoms with Gasteiger partial charge in [0.15, 0.2) is 0 Å². The van der Waals surface area contributed by atoms with Crippen molar-refractivity contribution in [3.8, 4) is 0 Å². The van der Waals surface area contributed by atoms with Gasteiger partial charge in [0.2, 0.25) is 0 Å². The minimum atomic E-state index is -0.541. The van der Waals surface area contributed by atoms with Crippen LogP contribution in [0.4, 0.5) is 0 Å². The van der Waals surface area contributed by atoms with Crippen molar-refractivity contribution in [3.63, 3.8) is 0 Å². The fourth-order valence-corrected chi connectivity index (χ4v) is 10.4. The van der Waals surface area contributed by atoms with Gasteiger partial charge in [-0.2, -0.15) is 0 Å². The molecule has 8 heteroatoms. The topological polar surface area (TPSA) is 71.8 Å². The average Bonchev–Trinajstić information content (AvgIpc) is 3.30. The first-order valence-corrected chi connectivity index (χ1v) is 13.7. The monoisotopic (exact) mass is 596 g/mol. The Kier molecular flexibility index (Phi) is 19.1. The molecule has 1 heterocycles. The number of halogens is 2. The van der Waals surface area contributed by atoms with Crippen LogP contribution in [-0.2, 0) is 31.6 Å². The molecule has 32 heavy (non-hydrogen) atoms. The van der Waals surface area contributed by atoms with Crippen LogP contribution in [0.3, 0.4) is 0 Å². The fourth-order valence-electron chi connectivity index (χ4n) is 5.71. The van der Waals surface area contributed by atoms with Gasteiger partial charge in [-0.1, -0.05) is 71.8 Å². The molecular formula is C24H43Cl2N3OPPd-. The van der Waals surface area contributed by atoms with Gasteiger partial charge in [0.05, 0.1) is 6.33 Å². The predicted octanol–water partition coefficient (Wildman–Crippen LogP) is 6.70. The number of H-pyrrole nitrogens is 1. The van der Waals surface area contributed by atoms with Crippen LogP contribution in [0.2, 0.25) is 0 Å². The largest absolute Gasteiger partial charge is 0.540 e. The molecule has 1 aromatic rings. The molecule has 0 unspecified atom stereocenters. The summed E-state index contributed by atoms with van der Waals surface area (Å²) < 4.78 is 0. The van der Waals surface area contributed by atoms with E-state index in [2.05, 4.69) is 9.97 Å². The van der Waals surface area contributed by atoms with Crippen LogP contribution in [0.1, 0.15) is 102 Å². The second-order valence-corrected chi connectivity index (χ2v) is 12.4. The summed E-state index contributed by atoms with van der Waals surface area (Å²) >= 11 is 0. The van der Waals surface area contributed by atoms with Crippen LogP contribution in [0.5, 0.6) is 0 Å². The Hall–Kier alpha value is 0.512. The van der Waals surface area contributed by atoms with Crippen molar-refractivity contribution < 1.29 is 25.2 Å². The zero-order valence-electron chi connectivity index (χ0n) is 19.3. The van der Waals surface area contributed by atoms with Crippen molar-refractivity contribution in [1.82, 2.24) is 9.97 Å². The van der Waals surface area contributed by atoms with Gasteiger partial charge in [-0.3, -0.25) is 0 Å². The van der Waals surface area contributed by atoms with E-state index in [-0.39, 0.29) is 45.2 Å². The number of carbonyl (C=O) groups excluding carboxylic acids is 1. The average molecular weight is 598 g/mol. The Morgan fingerprint density at radius 3 is 1.59 bits per heavy atom. The maximum Gasteiger partial charge on any atom is 0.0921 e. The minimum absolute atomic E-state index is 0. The summed E-state index contributed by atoms with van der Waals surface area (Å²) in [4.78, 5) is 16.5.